The third-order valence-corrected chi connectivity index (χ3v) is 4.66. The normalized spacial score (nSPS) is 12.1. The van der Waals surface area contributed by atoms with Crippen LogP contribution >= 0.6 is 23.2 Å². The monoisotopic (exact) mass is 450 g/mol. The predicted octanol–water partition coefficient (Wildman–Crippen LogP) is 6.28. The van der Waals surface area contributed by atoms with Crippen LogP contribution in [0.25, 0.3) is 0 Å². The molecule has 3 rings (SSSR count). The molecule has 1 heterocycles. The average Bonchev–Trinajstić information content (AvgIpc) is 2.70. The number of aromatic nitrogens is 1. The van der Waals surface area contributed by atoms with E-state index in [-0.39, 0.29) is 16.5 Å². The van der Waals surface area contributed by atoms with Gasteiger partial charge in [0.05, 0.1) is 27.9 Å². The van der Waals surface area contributed by atoms with Gasteiger partial charge in [0.25, 0.3) is 0 Å². The Morgan fingerprint density at radius 1 is 1.07 bits per heavy atom. The van der Waals surface area contributed by atoms with Crippen LogP contribution in [0.4, 0.5) is 13.2 Å². The topological polar surface area (TPSA) is 63.0 Å². The van der Waals surface area contributed by atoms with E-state index < -0.39 is 23.6 Å². The predicted molar refractivity (Wildman–Crippen MR) is 105 cm³/mol. The molecule has 1 aromatic heterocycles. The lowest BCUT2D eigenvalue weighted by atomic mass is 9.96. The molecule has 30 heavy (non-hydrogen) atoms. The SMILES string of the molecule is N#C[C@@H](c1ccc(OC(=O)c2ccc(Cl)cc2)cc1)c1ncc(C(F)(F)F)cc1Cl. The number of benzene rings is 2. The second-order valence-corrected chi connectivity index (χ2v) is 6.96. The summed E-state index contributed by atoms with van der Waals surface area (Å²) in [6, 6.07) is 14.8. The number of halogens is 5. The van der Waals surface area contributed by atoms with Crippen LogP contribution in [0.15, 0.2) is 60.8 Å². The van der Waals surface area contributed by atoms with Gasteiger partial charge in [0.15, 0.2) is 0 Å². The minimum absolute atomic E-state index is 0.00178. The molecule has 0 bridgehead atoms. The number of hydrogen-bond acceptors (Lipinski definition) is 4. The van der Waals surface area contributed by atoms with E-state index in [0.717, 1.165) is 6.07 Å². The van der Waals surface area contributed by atoms with Crippen molar-refractivity contribution in [3.63, 3.8) is 0 Å². The highest BCUT2D eigenvalue weighted by Crippen LogP contribution is 2.34. The van der Waals surface area contributed by atoms with E-state index in [0.29, 0.717) is 22.3 Å². The van der Waals surface area contributed by atoms with E-state index in [1.807, 2.05) is 6.07 Å². The van der Waals surface area contributed by atoms with E-state index in [4.69, 9.17) is 27.9 Å². The summed E-state index contributed by atoms with van der Waals surface area (Å²) >= 11 is 11.7. The van der Waals surface area contributed by atoms with E-state index in [2.05, 4.69) is 4.98 Å². The quantitative estimate of drug-likeness (QED) is 0.346. The van der Waals surface area contributed by atoms with Gasteiger partial charge in [0.1, 0.15) is 11.7 Å². The van der Waals surface area contributed by atoms with E-state index in [1.165, 1.54) is 36.4 Å². The molecule has 0 aliphatic rings. The molecule has 0 radical (unpaired) electrons. The van der Waals surface area contributed by atoms with Crippen molar-refractivity contribution in [2.45, 2.75) is 12.1 Å². The van der Waals surface area contributed by atoms with Gasteiger partial charge in [0, 0.05) is 11.2 Å². The molecular weight excluding hydrogens is 440 g/mol. The molecule has 0 aliphatic heterocycles. The van der Waals surface area contributed by atoms with Crippen molar-refractivity contribution in [2.75, 3.05) is 0 Å². The maximum absolute atomic E-state index is 12.8. The number of esters is 1. The number of pyridine rings is 1. The molecule has 0 amide bonds. The lowest BCUT2D eigenvalue weighted by Crippen LogP contribution is -2.09. The minimum atomic E-state index is -4.59. The van der Waals surface area contributed by atoms with Crippen LogP contribution in [0.3, 0.4) is 0 Å². The van der Waals surface area contributed by atoms with Gasteiger partial charge in [-0.15, -0.1) is 0 Å². The molecule has 152 valence electrons. The van der Waals surface area contributed by atoms with Gasteiger partial charge in [0.2, 0.25) is 0 Å². The van der Waals surface area contributed by atoms with Gasteiger partial charge in [-0.2, -0.15) is 18.4 Å². The Bertz CT molecular complexity index is 1110. The number of ether oxygens (including phenoxy) is 1. The van der Waals surface area contributed by atoms with Crippen molar-refractivity contribution in [3.8, 4) is 11.8 Å². The van der Waals surface area contributed by atoms with Crippen LogP contribution in [0.5, 0.6) is 5.75 Å². The minimum Gasteiger partial charge on any atom is -0.423 e. The first kappa shape index (κ1) is 21.6. The van der Waals surface area contributed by atoms with E-state index >= 15 is 0 Å². The van der Waals surface area contributed by atoms with Crippen LogP contribution in [-0.2, 0) is 6.18 Å². The molecule has 3 aromatic rings. The third kappa shape index (κ3) is 4.90. The smallest absolute Gasteiger partial charge is 0.417 e. The summed E-state index contributed by atoms with van der Waals surface area (Å²) in [6.07, 6.45) is -3.96. The number of alkyl halides is 3. The highest BCUT2D eigenvalue weighted by molar-refractivity contribution is 6.31. The lowest BCUT2D eigenvalue weighted by molar-refractivity contribution is -0.137. The molecule has 0 N–H and O–H groups in total. The first-order valence-electron chi connectivity index (χ1n) is 8.39. The van der Waals surface area contributed by atoms with Crippen molar-refractivity contribution in [1.82, 2.24) is 4.98 Å². The van der Waals surface area contributed by atoms with Crippen molar-refractivity contribution in [3.05, 3.63) is 93.2 Å². The van der Waals surface area contributed by atoms with Crippen LogP contribution in [0.2, 0.25) is 10.0 Å². The number of hydrogen-bond donors (Lipinski definition) is 0. The molecule has 0 saturated carbocycles. The van der Waals surface area contributed by atoms with E-state index in [1.54, 1.807) is 12.1 Å². The van der Waals surface area contributed by atoms with Crippen LogP contribution < -0.4 is 4.74 Å². The second-order valence-electron chi connectivity index (χ2n) is 6.12. The molecular formula is C21H11Cl2F3N2O2. The summed E-state index contributed by atoms with van der Waals surface area (Å²) in [5.41, 5.74) is -0.271. The van der Waals surface area contributed by atoms with E-state index in [9.17, 15) is 23.2 Å². The highest BCUT2D eigenvalue weighted by atomic mass is 35.5. The standard InChI is InChI=1S/C21H11Cl2F3N2O2/c22-15-5-1-13(2-6-15)20(29)30-16-7-3-12(4-8-16)17(10-27)19-18(23)9-14(11-28-19)21(24,25)26/h1-9,11,17H/t17-/m0/s1. The van der Waals surface area contributed by atoms with Crippen LogP contribution in [0.1, 0.15) is 33.1 Å². The molecule has 4 nitrogen and oxygen atoms in total. The zero-order chi connectivity index (χ0) is 21.9. The Hall–Kier alpha value is -3.08. The highest BCUT2D eigenvalue weighted by Gasteiger charge is 2.32. The molecule has 0 unspecified atom stereocenters. The molecule has 9 heteroatoms. The third-order valence-electron chi connectivity index (χ3n) is 4.10. The molecule has 2 aromatic carbocycles. The number of nitrogens with zero attached hydrogens (tertiary/aromatic N) is 2. The van der Waals surface area contributed by atoms with Crippen LogP contribution in [-0.4, -0.2) is 11.0 Å². The first-order chi connectivity index (χ1) is 14.2. The largest absolute Gasteiger partial charge is 0.423 e. The fourth-order valence-electron chi connectivity index (χ4n) is 2.59. The summed E-state index contributed by atoms with van der Waals surface area (Å²) in [6.45, 7) is 0. The lowest BCUT2D eigenvalue weighted by Gasteiger charge is -2.13. The molecule has 0 aliphatic carbocycles. The van der Waals surface area contributed by atoms with Crippen molar-refractivity contribution in [2.24, 2.45) is 0 Å². The number of carbonyl (C=O) groups excluding carboxylic acids is 1. The van der Waals surface area contributed by atoms with Gasteiger partial charge < -0.3 is 4.74 Å². The van der Waals surface area contributed by atoms with Crippen LogP contribution in [0, 0.1) is 11.3 Å². The van der Waals surface area contributed by atoms with Crippen molar-refractivity contribution >= 4 is 29.2 Å². The number of carbonyl (C=O) groups is 1. The fourth-order valence-corrected chi connectivity index (χ4v) is 2.99. The fraction of sp³-hybridized carbons (Fsp3) is 0.0952. The average molecular weight is 451 g/mol. The summed E-state index contributed by atoms with van der Waals surface area (Å²) in [5.74, 6) is -1.37. The zero-order valence-electron chi connectivity index (χ0n) is 15.0. The second kappa shape index (κ2) is 8.74. The Balaban J connectivity index is 1.80. The molecule has 0 saturated heterocycles. The Morgan fingerprint density at radius 3 is 2.23 bits per heavy atom. The molecule has 0 fully saturated rings. The van der Waals surface area contributed by atoms with Gasteiger partial charge in [-0.25, -0.2) is 4.79 Å². The summed E-state index contributed by atoms with van der Waals surface area (Å²) in [4.78, 5) is 15.9. The van der Waals surface area contributed by atoms with Gasteiger partial charge >= 0.3 is 12.1 Å². The number of nitriles is 1. The number of rotatable bonds is 4. The van der Waals surface area contributed by atoms with Gasteiger partial charge in [-0.05, 0) is 48.0 Å². The van der Waals surface area contributed by atoms with Crippen molar-refractivity contribution < 1.29 is 22.7 Å². The zero-order valence-corrected chi connectivity index (χ0v) is 16.5. The maximum atomic E-state index is 12.8. The maximum Gasteiger partial charge on any atom is 0.417 e. The first-order valence-corrected chi connectivity index (χ1v) is 9.14. The summed E-state index contributed by atoms with van der Waals surface area (Å²) in [5, 5.41) is 9.72. The molecule has 1 atom stereocenters. The van der Waals surface area contributed by atoms with Gasteiger partial charge in [-0.1, -0.05) is 35.3 Å². The summed E-state index contributed by atoms with van der Waals surface area (Å²) in [7, 11) is 0. The summed E-state index contributed by atoms with van der Waals surface area (Å²) < 4.78 is 43.6. The Labute approximate surface area is 179 Å². The van der Waals surface area contributed by atoms with Gasteiger partial charge in [-0.3, -0.25) is 4.98 Å². The van der Waals surface area contributed by atoms with Crippen molar-refractivity contribution in [1.29, 1.82) is 5.26 Å². The Morgan fingerprint density at radius 2 is 1.70 bits per heavy atom. The Kier molecular flexibility index (Phi) is 6.30. The molecule has 0 spiro atoms.